The van der Waals surface area contributed by atoms with Crippen molar-refractivity contribution in [2.75, 3.05) is 5.73 Å². The molecule has 128 valence electrons. The van der Waals surface area contributed by atoms with E-state index in [1.165, 1.54) is 18.2 Å². The van der Waals surface area contributed by atoms with Gasteiger partial charge in [-0.05, 0) is 47.4 Å². The van der Waals surface area contributed by atoms with Gasteiger partial charge in [0.25, 0.3) is 0 Å². The highest BCUT2D eigenvalue weighted by molar-refractivity contribution is 6.32. The molecule has 4 nitrogen and oxygen atoms in total. The molecule has 25 heavy (non-hydrogen) atoms. The van der Waals surface area contributed by atoms with E-state index in [0.717, 1.165) is 16.7 Å². The van der Waals surface area contributed by atoms with Crippen LogP contribution in [0.3, 0.4) is 0 Å². The Labute approximate surface area is 150 Å². The normalized spacial score (nSPS) is 12.1. The highest BCUT2D eigenvalue weighted by atomic mass is 35.5. The molecule has 5 N–H and O–H groups in total. The number of halogens is 1. The minimum absolute atomic E-state index is 0.0833. The quantitative estimate of drug-likeness (QED) is 0.316. The van der Waals surface area contributed by atoms with Crippen LogP contribution in [0.15, 0.2) is 54.6 Å². The first-order valence-electron chi connectivity index (χ1n) is 7.73. The molecule has 0 aromatic heterocycles. The van der Waals surface area contributed by atoms with Crippen LogP contribution in [0.25, 0.3) is 0 Å². The van der Waals surface area contributed by atoms with Gasteiger partial charge in [0.05, 0.1) is 5.02 Å². The molecular weight excluding hydrogens is 338 g/mol. The molecule has 0 spiro atoms. The predicted octanol–water partition coefficient (Wildman–Crippen LogP) is 4.53. The number of nitrogen functional groups attached to an aromatic ring is 1. The van der Waals surface area contributed by atoms with E-state index in [2.05, 4.69) is 0 Å². The van der Waals surface area contributed by atoms with E-state index in [1.807, 2.05) is 37.3 Å². The lowest BCUT2D eigenvalue weighted by Crippen LogP contribution is -2.08. The minimum atomic E-state index is -0.314. The maximum absolute atomic E-state index is 9.99. The SMILES string of the molecule is Cc1cc(O)c(O)cc1C(c1ccccc1)c1cc(Cl)c(O)cc1N. The van der Waals surface area contributed by atoms with Gasteiger partial charge in [0.2, 0.25) is 0 Å². The van der Waals surface area contributed by atoms with Gasteiger partial charge in [-0.25, -0.2) is 0 Å². The molecular formula is C20H18ClNO3. The van der Waals surface area contributed by atoms with Crippen molar-refractivity contribution in [3.8, 4) is 17.2 Å². The van der Waals surface area contributed by atoms with Crippen molar-refractivity contribution < 1.29 is 15.3 Å². The molecule has 3 rings (SSSR count). The first kappa shape index (κ1) is 17.0. The van der Waals surface area contributed by atoms with Crippen molar-refractivity contribution in [3.63, 3.8) is 0 Å². The van der Waals surface area contributed by atoms with Crippen molar-refractivity contribution >= 4 is 17.3 Å². The standard InChI is InChI=1S/C20H18ClNO3/c1-11-7-18(24)19(25)9-13(11)20(12-5-3-2-4-6-12)14-8-15(21)17(23)10-16(14)22/h2-10,20,23-25H,22H2,1H3. The lowest BCUT2D eigenvalue weighted by molar-refractivity contribution is 0.402. The van der Waals surface area contributed by atoms with Crippen LogP contribution in [-0.2, 0) is 0 Å². The fourth-order valence-corrected chi connectivity index (χ4v) is 3.20. The fraction of sp³-hybridized carbons (Fsp3) is 0.100. The Bertz CT molecular complexity index is 868. The molecule has 0 bridgehead atoms. The van der Waals surface area contributed by atoms with Crippen LogP contribution in [0, 0.1) is 6.92 Å². The number of aromatic hydroxyl groups is 3. The van der Waals surface area contributed by atoms with Crippen molar-refractivity contribution in [3.05, 3.63) is 81.9 Å². The average Bonchev–Trinajstić information content (AvgIpc) is 2.58. The summed E-state index contributed by atoms with van der Waals surface area (Å²) in [4.78, 5) is 0. The summed E-state index contributed by atoms with van der Waals surface area (Å²) in [6, 6.07) is 15.7. The van der Waals surface area contributed by atoms with Crippen LogP contribution in [0.4, 0.5) is 5.69 Å². The summed E-state index contributed by atoms with van der Waals surface area (Å²) in [6.07, 6.45) is 0. The van der Waals surface area contributed by atoms with Gasteiger partial charge in [-0.15, -0.1) is 0 Å². The number of benzene rings is 3. The Balaban J connectivity index is 2.29. The van der Waals surface area contributed by atoms with Crippen LogP contribution in [0.5, 0.6) is 17.2 Å². The highest BCUT2D eigenvalue weighted by Gasteiger charge is 2.23. The second-order valence-corrected chi connectivity index (χ2v) is 6.38. The van der Waals surface area contributed by atoms with E-state index in [0.29, 0.717) is 11.3 Å². The van der Waals surface area contributed by atoms with Gasteiger partial charge in [0.1, 0.15) is 5.75 Å². The Kier molecular flexibility index (Phi) is 4.47. The molecule has 0 amide bonds. The first-order valence-corrected chi connectivity index (χ1v) is 8.11. The third-order valence-electron chi connectivity index (χ3n) is 4.27. The molecule has 0 saturated heterocycles. The molecule has 0 radical (unpaired) electrons. The van der Waals surface area contributed by atoms with E-state index in [-0.39, 0.29) is 28.2 Å². The van der Waals surface area contributed by atoms with Gasteiger partial charge in [0, 0.05) is 17.7 Å². The summed E-state index contributed by atoms with van der Waals surface area (Å²) in [5.74, 6) is -0.777. The van der Waals surface area contributed by atoms with Crippen molar-refractivity contribution in [2.24, 2.45) is 0 Å². The van der Waals surface area contributed by atoms with Gasteiger partial charge < -0.3 is 21.1 Å². The predicted molar refractivity (Wildman–Crippen MR) is 99.4 cm³/mol. The summed E-state index contributed by atoms with van der Waals surface area (Å²) in [6.45, 7) is 1.85. The molecule has 0 aliphatic rings. The molecule has 0 heterocycles. The number of hydrogen-bond acceptors (Lipinski definition) is 4. The molecule has 0 fully saturated rings. The Morgan fingerprint density at radius 2 is 1.48 bits per heavy atom. The van der Waals surface area contributed by atoms with Gasteiger partial charge >= 0.3 is 0 Å². The number of phenols is 3. The van der Waals surface area contributed by atoms with Crippen molar-refractivity contribution in [2.45, 2.75) is 12.8 Å². The lowest BCUT2D eigenvalue weighted by Gasteiger charge is -2.23. The van der Waals surface area contributed by atoms with E-state index in [1.54, 1.807) is 6.07 Å². The van der Waals surface area contributed by atoms with Gasteiger partial charge in [-0.1, -0.05) is 41.9 Å². The summed E-state index contributed by atoms with van der Waals surface area (Å²) >= 11 is 6.11. The van der Waals surface area contributed by atoms with E-state index in [9.17, 15) is 15.3 Å². The summed E-state index contributed by atoms with van der Waals surface area (Å²) in [5, 5.41) is 29.7. The number of hydrogen-bond donors (Lipinski definition) is 4. The molecule has 5 heteroatoms. The smallest absolute Gasteiger partial charge is 0.157 e. The zero-order chi connectivity index (χ0) is 18.1. The third kappa shape index (κ3) is 3.21. The van der Waals surface area contributed by atoms with Crippen molar-refractivity contribution in [1.29, 1.82) is 0 Å². The third-order valence-corrected chi connectivity index (χ3v) is 4.57. The molecule has 0 aliphatic carbocycles. The molecule has 0 aliphatic heterocycles. The minimum Gasteiger partial charge on any atom is -0.506 e. The van der Waals surface area contributed by atoms with E-state index >= 15 is 0 Å². The summed E-state index contributed by atoms with van der Waals surface area (Å²) < 4.78 is 0. The monoisotopic (exact) mass is 355 g/mol. The largest absolute Gasteiger partial charge is 0.506 e. The molecule has 0 saturated carbocycles. The molecule has 1 atom stereocenters. The molecule has 3 aromatic rings. The fourth-order valence-electron chi connectivity index (χ4n) is 3.02. The molecule has 3 aromatic carbocycles. The summed E-state index contributed by atoms with van der Waals surface area (Å²) in [5.41, 5.74) is 9.79. The average molecular weight is 356 g/mol. The zero-order valence-corrected chi connectivity index (χ0v) is 14.3. The van der Waals surface area contributed by atoms with Crippen molar-refractivity contribution in [1.82, 2.24) is 0 Å². The van der Waals surface area contributed by atoms with Crippen LogP contribution in [-0.4, -0.2) is 15.3 Å². The maximum atomic E-state index is 9.99. The van der Waals surface area contributed by atoms with Gasteiger partial charge in [0.15, 0.2) is 11.5 Å². The number of rotatable bonds is 3. The number of anilines is 1. The Hall–Kier alpha value is -2.85. The van der Waals surface area contributed by atoms with Crippen LogP contribution < -0.4 is 5.73 Å². The zero-order valence-electron chi connectivity index (χ0n) is 13.6. The topological polar surface area (TPSA) is 86.7 Å². The molecule has 1 unspecified atom stereocenters. The lowest BCUT2D eigenvalue weighted by atomic mass is 9.82. The maximum Gasteiger partial charge on any atom is 0.157 e. The second-order valence-electron chi connectivity index (χ2n) is 5.97. The second kappa shape index (κ2) is 6.57. The first-order chi connectivity index (χ1) is 11.9. The van der Waals surface area contributed by atoms with Gasteiger partial charge in [-0.3, -0.25) is 0 Å². The Morgan fingerprint density at radius 3 is 2.16 bits per heavy atom. The van der Waals surface area contributed by atoms with E-state index < -0.39 is 0 Å². The van der Waals surface area contributed by atoms with Gasteiger partial charge in [-0.2, -0.15) is 0 Å². The van der Waals surface area contributed by atoms with E-state index in [4.69, 9.17) is 17.3 Å². The Morgan fingerprint density at radius 1 is 0.840 bits per heavy atom. The number of nitrogens with two attached hydrogens (primary N) is 1. The van der Waals surface area contributed by atoms with Crippen LogP contribution in [0.1, 0.15) is 28.2 Å². The number of phenolic OH excluding ortho intramolecular Hbond substituents is 3. The van der Waals surface area contributed by atoms with Crippen LogP contribution >= 0.6 is 11.6 Å². The summed E-state index contributed by atoms with van der Waals surface area (Å²) in [7, 11) is 0. The number of aryl methyl sites for hydroxylation is 1. The van der Waals surface area contributed by atoms with Crippen LogP contribution in [0.2, 0.25) is 5.02 Å². The highest BCUT2D eigenvalue weighted by Crippen LogP contribution is 2.42.